The van der Waals surface area contributed by atoms with Gasteiger partial charge in [0.15, 0.2) is 0 Å². The Morgan fingerprint density at radius 2 is 1.38 bits per heavy atom. The van der Waals surface area contributed by atoms with Gasteiger partial charge in [-0.1, -0.05) is 18.2 Å². The van der Waals surface area contributed by atoms with E-state index in [0.717, 1.165) is 28.7 Å². The van der Waals surface area contributed by atoms with E-state index in [-0.39, 0.29) is 11.8 Å². The number of fused-ring (bicyclic) bond motifs is 2. The molecular formula is C34H36N10O4. The number of aldehydes is 1. The number of imidazole rings is 2. The highest BCUT2D eigenvalue weighted by Gasteiger charge is 2.21. The van der Waals surface area contributed by atoms with Crippen LogP contribution in [0.25, 0.3) is 22.1 Å². The van der Waals surface area contributed by atoms with E-state index in [0.29, 0.717) is 71.8 Å². The number of anilines is 2. The molecular weight excluding hydrogens is 612 g/mol. The minimum absolute atomic E-state index is 0.323. The van der Waals surface area contributed by atoms with E-state index in [1.165, 1.54) is 0 Å². The Labute approximate surface area is 276 Å². The lowest BCUT2D eigenvalue weighted by atomic mass is 10.2. The van der Waals surface area contributed by atoms with Crippen LogP contribution in [0.5, 0.6) is 5.75 Å². The molecule has 0 spiro atoms. The summed E-state index contributed by atoms with van der Waals surface area (Å²) in [7, 11) is 1.59. The largest absolute Gasteiger partial charge is 0.494 e. The lowest BCUT2D eigenvalue weighted by Crippen LogP contribution is -2.20. The molecule has 0 radical (unpaired) electrons. The predicted molar refractivity (Wildman–Crippen MR) is 182 cm³/mol. The van der Waals surface area contributed by atoms with Crippen LogP contribution in [0.15, 0.2) is 60.7 Å². The standard InChI is InChI=1S/C34H36N10O4/c1-6-43-27(17-21(3)39-43)31(46)37-33-36-25-19-23(20-45)13-14-26(25)41(33)15-8-9-16-42-30-24(11-10-12-29(30)48-5)35-34(42)38-32(47)28-18-22(4)40-44(28)7-2/h8-14,17-20H,6-7,15-16H2,1-5H3,(H,35,38,47)(H,36,37,46)/b9-8+. The van der Waals surface area contributed by atoms with Gasteiger partial charge in [-0.2, -0.15) is 10.2 Å². The molecule has 4 heterocycles. The van der Waals surface area contributed by atoms with E-state index in [4.69, 9.17) is 9.72 Å². The van der Waals surface area contributed by atoms with Gasteiger partial charge < -0.3 is 13.9 Å². The fourth-order valence-electron chi connectivity index (χ4n) is 5.72. The van der Waals surface area contributed by atoms with Crippen LogP contribution in [0, 0.1) is 13.8 Å². The number of hydrogen-bond donors (Lipinski definition) is 2. The Kier molecular flexibility index (Phi) is 8.88. The third kappa shape index (κ3) is 6.07. The maximum atomic E-state index is 13.4. The zero-order valence-corrected chi connectivity index (χ0v) is 27.4. The molecule has 14 nitrogen and oxygen atoms in total. The molecule has 0 saturated heterocycles. The zero-order valence-electron chi connectivity index (χ0n) is 27.4. The Morgan fingerprint density at radius 1 is 0.792 bits per heavy atom. The zero-order chi connectivity index (χ0) is 33.9. The van der Waals surface area contributed by atoms with Gasteiger partial charge in [0.05, 0.1) is 35.0 Å². The summed E-state index contributed by atoms with van der Waals surface area (Å²) < 4.78 is 12.7. The van der Waals surface area contributed by atoms with Crippen molar-refractivity contribution in [3.63, 3.8) is 0 Å². The second-order valence-electron chi connectivity index (χ2n) is 11.1. The molecule has 2 amide bonds. The number of allylic oxidation sites excluding steroid dienone is 2. The van der Waals surface area contributed by atoms with E-state index in [1.54, 1.807) is 46.8 Å². The molecule has 0 bridgehead atoms. The Morgan fingerprint density at radius 3 is 1.96 bits per heavy atom. The highest BCUT2D eigenvalue weighted by Crippen LogP contribution is 2.29. The second-order valence-corrected chi connectivity index (χ2v) is 11.1. The lowest BCUT2D eigenvalue weighted by Gasteiger charge is -2.11. The molecule has 0 unspecified atom stereocenters. The molecule has 0 fully saturated rings. The number of para-hydroxylation sites is 1. The molecule has 0 aliphatic heterocycles. The SMILES string of the molecule is CCn1nc(C)cc1C(=O)Nc1nc2cc(C=O)ccc2n1C/C=C/Cn1c(NC(=O)c2cc(C)nn2CC)nc2cccc(OC)c21. The Bertz CT molecular complexity index is 2200. The summed E-state index contributed by atoms with van der Waals surface area (Å²) in [6, 6.07) is 14.2. The van der Waals surface area contributed by atoms with Crippen LogP contribution in [0.3, 0.4) is 0 Å². The molecule has 4 aromatic heterocycles. The van der Waals surface area contributed by atoms with Gasteiger partial charge in [0, 0.05) is 31.7 Å². The Balaban J connectivity index is 1.31. The molecule has 0 atom stereocenters. The monoisotopic (exact) mass is 648 g/mol. The van der Waals surface area contributed by atoms with Gasteiger partial charge in [0.2, 0.25) is 11.9 Å². The first-order chi connectivity index (χ1) is 23.2. The van der Waals surface area contributed by atoms with E-state index in [1.807, 2.05) is 67.2 Å². The fraction of sp³-hybridized carbons (Fsp3) is 0.265. The van der Waals surface area contributed by atoms with Crippen LogP contribution < -0.4 is 15.4 Å². The van der Waals surface area contributed by atoms with Gasteiger partial charge >= 0.3 is 0 Å². The first-order valence-electron chi connectivity index (χ1n) is 15.6. The summed E-state index contributed by atoms with van der Waals surface area (Å²) in [5.41, 5.74) is 5.52. The summed E-state index contributed by atoms with van der Waals surface area (Å²) >= 11 is 0. The number of rotatable bonds is 12. The van der Waals surface area contributed by atoms with Gasteiger partial charge in [-0.15, -0.1) is 0 Å². The third-order valence-corrected chi connectivity index (χ3v) is 7.92. The van der Waals surface area contributed by atoms with Crippen LogP contribution in [-0.4, -0.2) is 63.9 Å². The van der Waals surface area contributed by atoms with E-state index in [9.17, 15) is 14.4 Å². The first-order valence-corrected chi connectivity index (χ1v) is 15.6. The van der Waals surface area contributed by atoms with E-state index < -0.39 is 0 Å². The van der Waals surface area contributed by atoms with E-state index in [2.05, 4.69) is 25.8 Å². The topological polar surface area (TPSA) is 156 Å². The fourth-order valence-corrected chi connectivity index (χ4v) is 5.72. The Hall–Kier alpha value is -6.05. The van der Waals surface area contributed by atoms with Crippen molar-refractivity contribution >= 4 is 52.1 Å². The highest BCUT2D eigenvalue weighted by atomic mass is 16.5. The number of methoxy groups -OCH3 is 1. The molecule has 14 heteroatoms. The number of benzene rings is 2. The van der Waals surface area contributed by atoms with Crippen molar-refractivity contribution in [2.24, 2.45) is 0 Å². The van der Waals surface area contributed by atoms with Gasteiger partial charge in [-0.25, -0.2) is 9.97 Å². The van der Waals surface area contributed by atoms with Crippen LogP contribution in [0.2, 0.25) is 0 Å². The predicted octanol–water partition coefficient (Wildman–Crippen LogP) is 5.02. The molecule has 0 aliphatic rings. The summed E-state index contributed by atoms with van der Waals surface area (Å²) in [5.74, 6) is 0.634. The summed E-state index contributed by atoms with van der Waals surface area (Å²) in [6.45, 7) is 9.30. The van der Waals surface area contributed by atoms with Crippen molar-refractivity contribution in [1.82, 2.24) is 38.7 Å². The van der Waals surface area contributed by atoms with E-state index >= 15 is 0 Å². The number of ether oxygens (including phenoxy) is 1. The number of nitrogens with one attached hydrogen (secondary N) is 2. The van der Waals surface area contributed by atoms with Gasteiger partial charge in [0.25, 0.3) is 11.8 Å². The third-order valence-electron chi connectivity index (χ3n) is 7.92. The number of carbonyl (C=O) groups excluding carboxylic acids is 3. The molecule has 2 aromatic carbocycles. The molecule has 6 aromatic rings. The number of carbonyl (C=O) groups is 3. The molecule has 246 valence electrons. The smallest absolute Gasteiger partial charge is 0.276 e. The first kappa shape index (κ1) is 31.9. The van der Waals surface area contributed by atoms with Crippen molar-refractivity contribution in [2.75, 3.05) is 17.7 Å². The summed E-state index contributed by atoms with van der Waals surface area (Å²) in [5, 5.41) is 14.7. The normalized spacial score (nSPS) is 11.5. The van der Waals surface area contributed by atoms with Crippen LogP contribution in [0.4, 0.5) is 11.9 Å². The van der Waals surface area contributed by atoms with Crippen molar-refractivity contribution in [3.8, 4) is 5.75 Å². The van der Waals surface area contributed by atoms with Gasteiger partial charge in [-0.05, 0) is 70.2 Å². The minimum Gasteiger partial charge on any atom is -0.494 e. The van der Waals surface area contributed by atoms with Crippen LogP contribution in [-0.2, 0) is 26.2 Å². The highest BCUT2D eigenvalue weighted by molar-refractivity contribution is 6.04. The number of hydrogen-bond acceptors (Lipinski definition) is 8. The average Bonchev–Trinajstić information content (AvgIpc) is 3.84. The maximum Gasteiger partial charge on any atom is 0.276 e. The van der Waals surface area contributed by atoms with Crippen molar-refractivity contribution < 1.29 is 19.1 Å². The maximum absolute atomic E-state index is 13.4. The summed E-state index contributed by atoms with van der Waals surface area (Å²) in [4.78, 5) is 47.6. The minimum atomic E-state index is -0.342. The van der Waals surface area contributed by atoms with Crippen molar-refractivity contribution in [3.05, 3.63) is 89.0 Å². The quantitative estimate of drug-likeness (QED) is 0.138. The van der Waals surface area contributed by atoms with Gasteiger partial charge in [-0.3, -0.25) is 34.4 Å². The number of amides is 2. The summed E-state index contributed by atoms with van der Waals surface area (Å²) in [6.07, 6.45) is 4.64. The molecule has 6 rings (SSSR count). The van der Waals surface area contributed by atoms with Crippen LogP contribution in [0.1, 0.15) is 56.6 Å². The molecule has 2 N–H and O–H groups in total. The molecule has 0 saturated carbocycles. The van der Waals surface area contributed by atoms with Crippen molar-refractivity contribution in [2.45, 2.75) is 53.9 Å². The van der Waals surface area contributed by atoms with Gasteiger partial charge in [0.1, 0.15) is 28.9 Å². The number of aromatic nitrogens is 8. The second kappa shape index (κ2) is 13.4. The number of nitrogens with zero attached hydrogens (tertiary/aromatic N) is 8. The number of aryl methyl sites for hydroxylation is 4. The molecule has 48 heavy (non-hydrogen) atoms. The molecule has 0 aliphatic carbocycles. The van der Waals surface area contributed by atoms with Crippen LogP contribution >= 0.6 is 0 Å². The van der Waals surface area contributed by atoms with Crippen molar-refractivity contribution in [1.29, 1.82) is 0 Å². The average molecular weight is 649 g/mol. The lowest BCUT2D eigenvalue weighted by molar-refractivity contribution is 0.100.